The molecule has 0 amide bonds. The fourth-order valence-corrected chi connectivity index (χ4v) is 1.89. The summed E-state index contributed by atoms with van der Waals surface area (Å²) in [6, 6.07) is 3.78. The fourth-order valence-electron chi connectivity index (χ4n) is 1.89. The van der Waals surface area contributed by atoms with Crippen molar-refractivity contribution in [3.8, 4) is 11.5 Å². The molecule has 0 unspecified atom stereocenters. The first kappa shape index (κ1) is 11.0. The van der Waals surface area contributed by atoms with Crippen LogP contribution >= 0.6 is 0 Å². The predicted octanol–water partition coefficient (Wildman–Crippen LogP) is 2.78. The Morgan fingerprint density at radius 1 is 1.19 bits per heavy atom. The average molecular weight is 220 g/mol. The van der Waals surface area contributed by atoms with Gasteiger partial charge in [0.15, 0.2) is 17.3 Å². The van der Waals surface area contributed by atoms with Gasteiger partial charge >= 0.3 is 0 Å². The van der Waals surface area contributed by atoms with Crippen molar-refractivity contribution in [3.63, 3.8) is 0 Å². The van der Waals surface area contributed by atoms with E-state index < -0.39 is 0 Å². The van der Waals surface area contributed by atoms with Gasteiger partial charge in [-0.3, -0.25) is 4.79 Å². The molecule has 1 aromatic carbocycles. The minimum absolute atomic E-state index is 0.0112. The molecule has 0 aromatic heterocycles. The minimum atomic E-state index is 0.0112. The Kier molecular flexibility index (Phi) is 2.86. The van der Waals surface area contributed by atoms with Gasteiger partial charge in [0.25, 0.3) is 0 Å². The van der Waals surface area contributed by atoms with E-state index >= 15 is 0 Å². The van der Waals surface area contributed by atoms with Crippen molar-refractivity contribution in [1.82, 2.24) is 0 Å². The normalized spacial score (nSPS) is 14.0. The predicted molar refractivity (Wildman–Crippen MR) is 61.5 cm³/mol. The Labute approximate surface area is 95.4 Å². The number of carbonyl (C=O) groups is 1. The summed E-state index contributed by atoms with van der Waals surface area (Å²) in [5.74, 6) is 1.73. The Balaban J connectivity index is 2.59. The van der Waals surface area contributed by atoms with E-state index in [1.807, 2.05) is 12.1 Å². The van der Waals surface area contributed by atoms with Crippen molar-refractivity contribution in [1.29, 1.82) is 0 Å². The number of hydrogen-bond acceptors (Lipinski definition) is 3. The van der Waals surface area contributed by atoms with Gasteiger partial charge in [-0.2, -0.15) is 0 Å². The molecule has 0 bridgehead atoms. The van der Waals surface area contributed by atoms with Crippen molar-refractivity contribution < 1.29 is 14.3 Å². The van der Waals surface area contributed by atoms with Crippen LogP contribution in [0.4, 0.5) is 0 Å². The number of rotatable bonds is 2. The van der Waals surface area contributed by atoms with Crippen LogP contribution in [0.25, 0.3) is 0 Å². The van der Waals surface area contributed by atoms with Gasteiger partial charge in [-0.1, -0.05) is 19.9 Å². The van der Waals surface area contributed by atoms with Gasteiger partial charge in [-0.15, -0.1) is 0 Å². The first-order chi connectivity index (χ1) is 7.61. The summed E-state index contributed by atoms with van der Waals surface area (Å²) in [7, 11) is 0. The Morgan fingerprint density at radius 2 is 1.81 bits per heavy atom. The van der Waals surface area contributed by atoms with Crippen molar-refractivity contribution in [2.45, 2.75) is 26.7 Å². The quantitative estimate of drug-likeness (QED) is 0.719. The Hall–Kier alpha value is -1.51. The van der Waals surface area contributed by atoms with E-state index in [2.05, 4.69) is 13.8 Å². The molecule has 1 heterocycles. The van der Waals surface area contributed by atoms with E-state index in [0.717, 1.165) is 11.3 Å². The zero-order valence-electron chi connectivity index (χ0n) is 9.87. The smallest absolute Gasteiger partial charge is 0.172 e. The Bertz CT molecular complexity index is 421. The maximum absolute atomic E-state index is 11.5. The molecule has 1 aliphatic heterocycles. The molecule has 3 heteroatoms. The molecule has 0 radical (unpaired) electrons. The second-order valence-electron chi connectivity index (χ2n) is 4.27. The zero-order chi connectivity index (χ0) is 11.7. The van der Waals surface area contributed by atoms with E-state index in [4.69, 9.17) is 9.47 Å². The third-order valence-corrected chi connectivity index (χ3v) is 2.72. The third kappa shape index (κ3) is 1.77. The number of ketones is 1. The SMILES string of the molecule is CC(=O)c1ccc(C(C)C)c2c1OCCO2. The lowest BCUT2D eigenvalue weighted by atomic mass is 9.98. The molecule has 0 spiro atoms. The number of carbonyl (C=O) groups excluding carboxylic acids is 1. The zero-order valence-corrected chi connectivity index (χ0v) is 9.87. The second kappa shape index (κ2) is 4.16. The van der Waals surface area contributed by atoms with E-state index in [9.17, 15) is 4.79 Å². The van der Waals surface area contributed by atoms with Gasteiger partial charge in [-0.25, -0.2) is 0 Å². The van der Waals surface area contributed by atoms with E-state index in [-0.39, 0.29) is 5.78 Å². The second-order valence-corrected chi connectivity index (χ2v) is 4.27. The number of Topliss-reactive ketones (excluding diaryl/α,β-unsaturated/α-hetero) is 1. The summed E-state index contributed by atoms with van der Waals surface area (Å²) in [6.45, 7) is 6.80. The van der Waals surface area contributed by atoms with Crippen LogP contribution in [0, 0.1) is 0 Å². The molecule has 0 aliphatic carbocycles. The van der Waals surface area contributed by atoms with Gasteiger partial charge in [0, 0.05) is 5.56 Å². The lowest BCUT2D eigenvalue weighted by Crippen LogP contribution is -2.19. The monoisotopic (exact) mass is 220 g/mol. The van der Waals surface area contributed by atoms with Gasteiger partial charge in [-0.05, 0) is 18.9 Å². The molecule has 0 atom stereocenters. The molecule has 2 rings (SSSR count). The van der Waals surface area contributed by atoms with Crippen LogP contribution in [-0.4, -0.2) is 19.0 Å². The van der Waals surface area contributed by atoms with Crippen molar-refractivity contribution in [2.75, 3.05) is 13.2 Å². The van der Waals surface area contributed by atoms with E-state index in [1.165, 1.54) is 0 Å². The highest BCUT2D eigenvalue weighted by Crippen LogP contribution is 2.40. The van der Waals surface area contributed by atoms with Gasteiger partial charge in [0.05, 0.1) is 5.56 Å². The van der Waals surface area contributed by atoms with Crippen LogP contribution in [0.15, 0.2) is 12.1 Å². The molecule has 86 valence electrons. The van der Waals surface area contributed by atoms with Gasteiger partial charge in [0.2, 0.25) is 0 Å². The maximum Gasteiger partial charge on any atom is 0.172 e. The van der Waals surface area contributed by atoms with Crippen LogP contribution in [-0.2, 0) is 0 Å². The van der Waals surface area contributed by atoms with E-state index in [0.29, 0.717) is 30.4 Å². The summed E-state index contributed by atoms with van der Waals surface area (Å²) >= 11 is 0. The van der Waals surface area contributed by atoms with Crippen LogP contribution in [0.1, 0.15) is 42.6 Å². The highest BCUT2D eigenvalue weighted by Gasteiger charge is 2.22. The average Bonchev–Trinajstić information content (AvgIpc) is 2.27. The first-order valence-corrected chi connectivity index (χ1v) is 5.54. The standard InChI is InChI=1S/C13H16O3/c1-8(2)10-4-5-11(9(3)14)13-12(10)15-6-7-16-13/h4-5,8H,6-7H2,1-3H3. The van der Waals surface area contributed by atoms with Gasteiger partial charge < -0.3 is 9.47 Å². The molecule has 1 aliphatic rings. The summed E-state index contributed by atoms with van der Waals surface area (Å²) < 4.78 is 11.2. The Morgan fingerprint density at radius 3 is 2.38 bits per heavy atom. The van der Waals surface area contributed by atoms with Crippen LogP contribution in [0.3, 0.4) is 0 Å². The van der Waals surface area contributed by atoms with Crippen LogP contribution in [0.2, 0.25) is 0 Å². The number of ether oxygens (including phenoxy) is 2. The minimum Gasteiger partial charge on any atom is -0.486 e. The summed E-state index contributed by atoms with van der Waals surface area (Å²) in [5, 5.41) is 0. The van der Waals surface area contributed by atoms with Crippen LogP contribution in [0.5, 0.6) is 11.5 Å². The van der Waals surface area contributed by atoms with Crippen LogP contribution < -0.4 is 9.47 Å². The highest BCUT2D eigenvalue weighted by molar-refractivity contribution is 5.98. The molecule has 0 saturated carbocycles. The topological polar surface area (TPSA) is 35.5 Å². The lowest BCUT2D eigenvalue weighted by Gasteiger charge is -2.24. The molecule has 0 N–H and O–H groups in total. The highest BCUT2D eigenvalue weighted by atomic mass is 16.6. The molecular weight excluding hydrogens is 204 g/mol. The molecular formula is C13H16O3. The molecule has 3 nitrogen and oxygen atoms in total. The molecule has 1 aromatic rings. The summed E-state index contributed by atoms with van der Waals surface area (Å²) in [4.78, 5) is 11.5. The van der Waals surface area contributed by atoms with E-state index in [1.54, 1.807) is 6.92 Å². The number of benzene rings is 1. The molecule has 16 heavy (non-hydrogen) atoms. The number of fused-ring (bicyclic) bond motifs is 1. The summed E-state index contributed by atoms with van der Waals surface area (Å²) in [6.07, 6.45) is 0. The first-order valence-electron chi connectivity index (χ1n) is 5.54. The number of hydrogen-bond donors (Lipinski definition) is 0. The molecule has 0 saturated heterocycles. The molecule has 0 fully saturated rings. The fraction of sp³-hybridized carbons (Fsp3) is 0.462. The van der Waals surface area contributed by atoms with Crippen molar-refractivity contribution in [2.24, 2.45) is 0 Å². The largest absolute Gasteiger partial charge is 0.486 e. The van der Waals surface area contributed by atoms with Crippen molar-refractivity contribution in [3.05, 3.63) is 23.3 Å². The third-order valence-electron chi connectivity index (χ3n) is 2.72. The van der Waals surface area contributed by atoms with Crippen molar-refractivity contribution >= 4 is 5.78 Å². The summed E-state index contributed by atoms with van der Waals surface area (Å²) in [5.41, 5.74) is 1.71. The maximum atomic E-state index is 11.5. The lowest BCUT2D eigenvalue weighted by molar-refractivity contribution is 0.100. The van der Waals surface area contributed by atoms with Gasteiger partial charge in [0.1, 0.15) is 13.2 Å².